The lowest BCUT2D eigenvalue weighted by Gasteiger charge is -2.33. The third kappa shape index (κ3) is 3.66. The van der Waals surface area contributed by atoms with Crippen LogP contribution in [0.2, 0.25) is 0 Å². The molecule has 1 aromatic heterocycles. The molecule has 1 amide bonds. The molecule has 0 N–H and O–H groups in total. The van der Waals surface area contributed by atoms with Crippen molar-refractivity contribution in [3.63, 3.8) is 0 Å². The van der Waals surface area contributed by atoms with Gasteiger partial charge in [-0.2, -0.15) is 13.2 Å². The summed E-state index contributed by atoms with van der Waals surface area (Å²) in [6.45, 7) is 0.874. The van der Waals surface area contributed by atoms with Crippen LogP contribution in [0.25, 0.3) is 11.4 Å². The van der Waals surface area contributed by atoms with Gasteiger partial charge in [0.1, 0.15) is 11.5 Å². The van der Waals surface area contributed by atoms with Crippen molar-refractivity contribution in [2.45, 2.75) is 51.2 Å². The van der Waals surface area contributed by atoms with Gasteiger partial charge in [-0.15, -0.1) is 0 Å². The summed E-state index contributed by atoms with van der Waals surface area (Å²) in [5.41, 5.74) is 2.13. The molecule has 0 saturated carbocycles. The van der Waals surface area contributed by atoms with E-state index in [9.17, 15) is 18.0 Å². The third-order valence-electron chi connectivity index (χ3n) is 5.77. The van der Waals surface area contributed by atoms with E-state index in [1.165, 1.54) is 4.90 Å². The number of hydrogen-bond donors (Lipinski definition) is 0. The molecule has 4 nitrogen and oxygen atoms in total. The van der Waals surface area contributed by atoms with Gasteiger partial charge in [-0.3, -0.25) is 4.79 Å². The van der Waals surface area contributed by atoms with Gasteiger partial charge >= 0.3 is 6.18 Å². The number of aromatic nitrogens is 2. The van der Waals surface area contributed by atoms with Crippen LogP contribution in [-0.4, -0.2) is 39.6 Å². The van der Waals surface area contributed by atoms with Gasteiger partial charge < -0.3 is 9.47 Å². The first-order chi connectivity index (χ1) is 13.4. The summed E-state index contributed by atoms with van der Waals surface area (Å²) >= 11 is 0. The van der Waals surface area contributed by atoms with Gasteiger partial charge in [0.2, 0.25) is 0 Å². The van der Waals surface area contributed by atoms with Crippen LogP contribution in [0.15, 0.2) is 30.3 Å². The van der Waals surface area contributed by atoms with Crippen molar-refractivity contribution in [1.29, 1.82) is 0 Å². The van der Waals surface area contributed by atoms with Crippen molar-refractivity contribution in [2.75, 3.05) is 13.1 Å². The molecule has 28 heavy (non-hydrogen) atoms. The zero-order valence-electron chi connectivity index (χ0n) is 15.7. The molecular weight excluding hydrogens is 367 g/mol. The zero-order chi connectivity index (χ0) is 19.7. The highest BCUT2D eigenvalue weighted by Gasteiger charge is 2.43. The topological polar surface area (TPSA) is 38.1 Å². The molecule has 0 aliphatic carbocycles. The van der Waals surface area contributed by atoms with Crippen LogP contribution >= 0.6 is 0 Å². The maximum absolute atomic E-state index is 13.2. The molecular formula is C21H24F3N3O. The number of benzene rings is 1. The fourth-order valence-electron chi connectivity index (χ4n) is 4.28. The predicted molar refractivity (Wildman–Crippen MR) is 99.9 cm³/mol. The Hall–Kier alpha value is -2.31. The molecule has 7 heteroatoms. The van der Waals surface area contributed by atoms with Crippen LogP contribution in [0.3, 0.4) is 0 Å². The number of halogens is 3. The Bertz CT molecular complexity index is 845. The average molecular weight is 391 g/mol. The number of piperidine rings is 1. The first-order valence-electron chi connectivity index (χ1n) is 9.96. The van der Waals surface area contributed by atoms with Gasteiger partial charge in [-0.25, -0.2) is 4.98 Å². The summed E-state index contributed by atoms with van der Waals surface area (Å²) in [4.78, 5) is 19.2. The molecule has 0 spiro atoms. The molecule has 1 fully saturated rings. The Morgan fingerprint density at radius 2 is 1.82 bits per heavy atom. The maximum Gasteiger partial charge on any atom is 0.393 e. The fraction of sp³-hybridized carbons (Fsp3) is 0.524. The van der Waals surface area contributed by atoms with E-state index >= 15 is 0 Å². The first-order valence-corrected chi connectivity index (χ1v) is 9.96. The molecule has 1 saturated heterocycles. The van der Waals surface area contributed by atoms with Crippen molar-refractivity contribution in [2.24, 2.45) is 5.92 Å². The van der Waals surface area contributed by atoms with Crippen LogP contribution in [0.1, 0.15) is 48.3 Å². The summed E-state index contributed by atoms with van der Waals surface area (Å²) in [7, 11) is 0. The zero-order valence-corrected chi connectivity index (χ0v) is 15.7. The Balaban J connectivity index is 1.69. The number of hydrogen-bond acceptors (Lipinski definition) is 2. The van der Waals surface area contributed by atoms with Crippen LogP contribution < -0.4 is 0 Å². The quantitative estimate of drug-likeness (QED) is 0.745. The average Bonchev–Trinajstić information content (AvgIpc) is 2.88. The monoisotopic (exact) mass is 391 g/mol. The molecule has 0 bridgehead atoms. The largest absolute Gasteiger partial charge is 0.393 e. The standard InChI is InChI=1S/C21H24F3N3O/c22-21(23,24)16-10-7-12-26(14-16)20(28)18-17-11-5-2-6-13-27(17)19(25-18)15-8-3-1-4-9-15/h1,3-4,8-9,16H,2,5-7,10-14H2. The SMILES string of the molecule is O=C(c1nc(-c2ccccc2)n2c1CCCCC2)N1CCCC(C(F)(F)F)C1. The Morgan fingerprint density at radius 1 is 1.04 bits per heavy atom. The normalized spacial score (nSPS) is 20.5. The number of fused-ring (bicyclic) bond motifs is 1. The van der Waals surface area contributed by atoms with Gasteiger partial charge in [0, 0.05) is 25.2 Å². The predicted octanol–water partition coefficient (Wildman–Crippen LogP) is 4.69. The summed E-state index contributed by atoms with van der Waals surface area (Å²) in [6.07, 6.45) is -0.0243. The minimum atomic E-state index is -4.26. The lowest BCUT2D eigenvalue weighted by Crippen LogP contribution is -2.45. The second kappa shape index (κ2) is 7.60. The van der Waals surface area contributed by atoms with Gasteiger partial charge in [0.05, 0.1) is 11.6 Å². The molecule has 1 unspecified atom stereocenters. The molecule has 0 radical (unpaired) electrons. The van der Waals surface area contributed by atoms with E-state index in [0.29, 0.717) is 18.7 Å². The highest BCUT2D eigenvalue weighted by Crippen LogP contribution is 2.34. The lowest BCUT2D eigenvalue weighted by molar-refractivity contribution is -0.184. The van der Waals surface area contributed by atoms with Crippen molar-refractivity contribution in [3.8, 4) is 11.4 Å². The van der Waals surface area contributed by atoms with Crippen LogP contribution in [0.5, 0.6) is 0 Å². The van der Waals surface area contributed by atoms with E-state index in [2.05, 4.69) is 9.55 Å². The summed E-state index contributed by atoms with van der Waals surface area (Å²) in [5.74, 6) is -1.06. The summed E-state index contributed by atoms with van der Waals surface area (Å²) < 4.78 is 41.6. The molecule has 2 aliphatic rings. The van der Waals surface area contributed by atoms with Crippen LogP contribution in [0.4, 0.5) is 13.2 Å². The minimum absolute atomic E-state index is 0.0871. The highest BCUT2D eigenvalue weighted by atomic mass is 19.4. The van der Waals surface area contributed by atoms with Crippen LogP contribution in [0, 0.1) is 5.92 Å². The smallest absolute Gasteiger partial charge is 0.337 e. The van der Waals surface area contributed by atoms with Crippen LogP contribution in [-0.2, 0) is 13.0 Å². The van der Waals surface area contributed by atoms with E-state index in [1.54, 1.807) is 0 Å². The highest BCUT2D eigenvalue weighted by molar-refractivity contribution is 5.94. The Kier molecular flexibility index (Phi) is 5.17. The maximum atomic E-state index is 13.2. The molecule has 4 rings (SSSR count). The Morgan fingerprint density at radius 3 is 2.57 bits per heavy atom. The van der Waals surface area contributed by atoms with E-state index in [4.69, 9.17) is 0 Å². The number of likely N-dealkylation sites (tertiary alicyclic amines) is 1. The number of imidazole rings is 1. The fourth-order valence-corrected chi connectivity index (χ4v) is 4.28. The number of carbonyl (C=O) groups is 1. The second-order valence-electron chi connectivity index (χ2n) is 7.69. The van der Waals surface area contributed by atoms with Gasteiger partial charge in [0.25, 0.3) is 5.91 Å². The van der Waals surface area contributed by atoms with E-state index in [-0.39, 0.29) is 18.9 Å². The van der Waals surface area contributed by atoms with Crippen molar-refractivity contribution in [3.05, 3.63) is 41.7 Å². The third-order valence-corrected chi connectivity index (χ3v) is 5.77. The molecule has 2 aromatic rings. The summed E-state index contributed by atoms with van der Waals surface area (Å²) in [5, 5.41) is 0. The van der Waals surface area contributed by atoms with Crippen molar-refractivity contribution >= 4 is 5.91 Å². The minimum Gasteiger partial charge on any atom is -0.337 e. The molecule has 150 valence electrons. The molecule has 1 aromatic carbocycles. The molecule has 3 heterocycles. The number of alkyl halides is 3. The lowest BCUT2D eigenvalue weighted by atomic mass is 9.97. The van der Waals surface area contributed by atoms with Gasteiger partial charge in [-0.05, 0) is 32.1 Å². The van der Waals surface area contributed by atoms with E-state index in [1.807, 2.05) is 30.3 Å². The van der Waals surface area contributed by atoms with Gasteiger partial charge in [0.15, 0.2) is 0 Å². The number of nitrogens with zero attached hydrogens (tertiary/aromatic N) is 3. The molecule has 2 aliphatic heterocycles. The second-order valence-corrected chi connectivity index (χ2v) is 7.69. The number of amides is 1. The summed E-state index contributed by atoms with van der Waals surface area (Å²) in [6, 6.07) is 9.68. The van der Waals surface area contributed by atoms with E-state index in [0.717, 1.165) is 49.3 Å². The van der Waals surface area contributed by atoms with E-state index < -0.39 is 12.1 Å². The number of rotatable bonds is 2. The van der Waals surface area contributed by atoms with Gasteiger partial charge in [-0.1, -0.05) is 36.8 Å². The van der Waals surface area contributed by atoms with Crippen molar-refractivity contribution in [1.82, 2.24) is 14.5 Å². The van der Waals surface area contributed by atoms with Crippen molar-refractivity contribution < 1.29 is 18.0 Å². The Labute approximate surface area is 162 Å². The first kappa shape index (κ1) is 19.0. The molecule has 1 atom stereocenters. The number of carbonyl (C=O) groups excluding carboxylic acids is 1.